The van der Waals surface area contributed by atoms with Crippen molar-refractivity contribution in [2.45, 2.75) is 29.3 Å². The number of carboxylic acids is 1. The molecule has 1 aliphatic carbocycles. The van der Waals surface area contributed by atoms with Crippen LogP contribution in [0.25, 0.3) is 0 Å². The van der Waals surface area contributed by atoms with E-state index in [4.69, 9.17) is 5.11 Å². The lowest BCUT2D eigenvalue weighted by Crippen LogP contribution is -2.40. The number of carbonyl (C=O) groups is 1. The predicted octanol–water partition coefficient (Wildman–Crippen LogP) is 2.16. The standard InChI is InChI=1S/C10H10F3NO4S2/c11-10(12,13)5-14(6-1-2-6)20(17,18)8-4-3-7(19-8)9(15)16/h3-4,6H,1-2,5H2,(H,15,16). The molecule has 1 saturated carbocycles. The van der Waals surface area contributed by atoms with Crippen molar-refractivity contribution in [1.29, 1.82) is 0 Å². The summed E-state index contributed by atoms with van der Waals surface area (Å²) >= 11 is 0.451. The largest absolute Gasteiger partial charge is 0.477 e. The van der Waals surface area contributed by atoms with Gasteiger partial charge in [0.25, 0.3) is 10.0 Å². The number of thiophene rings is 1. The first-order chi connectivity index (χ1) is 9.11. The lowest BCUT2D eigenvalue weighted by molar-refractivity contribution is -0.136. The molecular formula is C10H10F3NO4S2. The summed E-state index contributed by atoms with van der Waals surface area (Å²) in [5, 5.41) is 8.73. The van der Waals surface area contributed by atoms with Crippen LogP contribution in [0.15, 0.2) is 16.3 Å². The maximum Gasteiger partial charge on any atom is 0.402 e. The van der Waals surface area contributed by atoms with Crippen LogP contribution in [-0.4, -0.2) is 42.6 Å². The van der Waals surface area contributed by atoms with Gasteiger partial charge in [0.05, 0.1) is 0 Å². The topological polar surface area (TPSA) is 74.7 Å². The molecule has 0 aromatic carbocycles. The Morgan fingerprint density at radius 1 is 1.40 bits per heavy atom. The van der Waals surface area contributed by atoms with Gasteiger partial charge in [-0.15, -0.1) is 11.3 Å². The summed E-state index contributed by atoms with van der Waals surface area (Å²) in [6.07, 6.45) is -3.87. The van der Waals surface area contributed by atoms with Gasteiger partial charge >= 0.3 is 12.1 Å². The molecule has 1 aromatic rings. The molecule has 1 fully saturated rings. The molecule has 2 rings (SSSR count). The van der Waals surface area contributed by atoms with Crippen LogP contribution >= 0.6 is 11.3 Å². The SMILES string of the molecule is O=C(O)c1ccc(S(=O)(=O)N(CC(F)(F)F)C2CC2)s1. The molecular weight excluding hydrogens is 319 g/mol. The molecule has 0 spiro atoms. The highest BCUT2D eigenvalue weighted by molar-refractivity contribution is 7.91. The Bertz CT molecular complexity index is 619. The van der Waals surface area contributed by atoms with E-state index in [-0.39, 0.29) is 9.09 Å². The van der Waals surface area contributed by atoms with E-state index in [1.807, 2.05) is 0 Å². The third kappa shape index (κ3) is 3.30. The second kappa shape index (κ2) is 5.01. The van der Waals surface area contributed by atoms with E-state index < -0.39 is 34.8 Å². The van der Waals surface area contributed by atoms with Gasteiger partial charge in [-0.1, -0.05) is 0 Å². The summed E-state index contributed by atoms with van der Waals surface area (Å²) in [7, 11) is -4.32. The minimum absolute atomic E-state index is 0.230. The quantitative estimate of drug-likeness (QED) is 0.898. The smallest absolute Gasteiger partial charge is 0.402 e. The van der Waals surface area contributed by atoms with Crippen molar-refractivity contribution in [2.24, 2.45) is 0 Å². The Kier molecular flexibility index (Phi) is 3.82. The number of hydrogen-bond donors (Lipinski definition) is 1. The van der Waals surface area contributed by atoms with Gasteiger partial charge in [0.1, 0.15) is 15.6 Å². The first-order valence-electron chi connectivity index (χ1n) is 5.53. The number of rotatable bonds is 5. The van der Waals surface area contributed by atoms with E-state index in [1.54, 1.807) is 0 Å². The van der Waals surface area contributed by atoms with E-state index in [9.17, 15) is 26.4 Å². The van der Waals surface area contributed by atoms with Crippen molar-refractivity contribution in [3.8, 4) is 0 Å². The van der Waals surface area contributed by atoms with Gasteiger partial charge in [-0.25, -0.2) is 13.2 Å². The van der Waals surface area contributed by atoms with Crippen LogP contribution < -0.4 is 0 Å². The van der Waals surface area contributed by atoms with E-state index in [2.05, 4.69) is 0 Å². The summed E-state index contributed by atoms with van der Waals surface area (Å²) in [6.45, 7) is -1.56. The van der Waals surface area contributed by atoms with Crippen LogP contribution in [0.4, 0.5) is 13.2 Å². The molecule has 1 aliphatic rings. The van der Waals surface area contributed by atoms with Crippen molar-refractivity contribution < 1.29 is 31.5 Å². The second-order valence-corrected chi connectivity index (χ2v) is 7.52. The zero-order valence-corrected chi connectivity index (χ0v) is 11.6. The molecule has 1 heterocycles. The van der Waals surface area contributed by atoms with Crippen molar-refractivity contribution >= 4 is 27.3 Å². The van der Waals surface area contributed by atoms with Gasteiger partial charge in [-0.3, -0.25) is 0 Å². The summed E-state index contributed by atoms with van der Waals surface area (Å²) in [4.78, 5) is 10.5. The minimum atomic E-state index is -4.64. The first kappa shape index (κ1) is 15.3. The fraction of sp³-hybridized carbons (Fsp3) is 0.500. The average Bonchev–Trinajstić information content (AvgIpc) is 2.99. The van der Waals surface area contributed by atoms with Gasteiger partial charge in [0.15, 0.2) is 0 Å². The van der Waals surface area contributed by atoms with Gasteiger partial charge in [-0.2, -0.15) is 17.5 Å². The number of halogens is 3. The Morgan fingerprint density at radius 3 is 2.40 bits per heavy atom. The monoisotopic (exact) mass is 329 g/mol. The summed E-state index contributed by atoms with van der Waals surface area (Å²) < 4.78 is 61.8. The van der Waals surface area contributed by atoms with E-state index >= 15 is 0 Å². The molecule has 0 aliphatic heterocycles. The van der Waals surface area contributed by atoms with Crippen molar-refractivity contribution in [2.75, 3.05) is 6.54 Å². The van der Waals surface area contributed by atoms with Gasteiger partial charge in [0.2, 0.25) is 0 Å². The molecule has 0 atom stereocenters. The number of hydrogen-bond acceptors (Lipinski definition) is 4. The molecule has 0 amide bonds. The molecule has 10 heteroatoms. The molecule has 5 nitrogen and oxygen atoms in total. The third-order valence-corrected chi connectivity index (χ3v) is 6.08. The molecule has 112 valence electrons. The Morgan fingerprint density at radius 2 is 2.00 bits per heavy atom. The fourth-order valence-corrected chi connectivity index (χ4v) is 4.58. The van der Waals surface area contributed by atoms with Crippen molar-refractivity contribution in [3.05, 3.63) is 17.0 Å². The van der Waals surface area contributed by atoms with Crippen LogP contribution in [0.5, 0.6) is 0 Å². The lowest BCUT2D eigenvalue weighted by Gasteiger charge is -2.22. The van der Waals surface area contributed by atoms with Crippen LogP contribution in [0.3, 0.4) is 0 Å². The molecule has 1 aromatic heterocycles. The van der Waals surface area contributed by atoms with Gasteiger partial charge in [-0.05, 0) is 25.0 Å². The first-order valence-corrected chi connectivity index (χ1v) is 7.78. The zero-order valence-electron chi connectivity index (χ0n) is 9.92. The Balaban J connectivity index is 2.32. The molecule has 0 bridgehead atoms. The predicted molar refractivity (Wildman–Crippen MR) is 64.2 cm³/mol. The highest BCUT2D eigenvalue weighted by Gasteiger charge is 2.45. The molecule has 20 heavy (non-hydrogen) atoms. The van der Waals surface area contributed by atoms with E-state index in [1.165, 1.54) is 0 Å². The molecule has 0 saturated heterocycles. The zero-order chi connectivity index (χ0) is 15.1. The van der Waals surface area contributed by atoms with Crippen molar-refractivity contribution in [3.63, 3.8) is 0 Å². The minimum Gasteiger partial charge on any atom is -0.477 e. The second-order valence-electron chi connectivity index (χ2n) is 4.32. The van der Waals surface area contributed by atoms with Crippen molar-refractivity contribution in [1.82, 2.24) is 4.31 Å². The molecule has 0 radical (unpaired) electrons. The molecule has 1 N–H and O–H groups in total. The van der Waals surface area contributed by atoms with Gasteiger partial charge < -0.3 is 5.11 Å². The number of nitrogens with zero attached hydrogens (tertiary/aromatic N) is 1. The number of sulfonamides is 1. The maximum atomic E-state index is 12.5. The number of carboxylic acid groups (broad SMARTS) is 1. The molecule has 0 unspecified atom stereocenters. The van der Waals surface area contributed by atoms with Crippen LogP contribution in [0.1, 0.15) is 22.5 Å². The van der Waals surface area contributed by atoms with Crippen LogP contribution in [-0.2, 0) is 10.0 Å². The Labute approximate surface area is 116 Å². The summed E-state index contributed by atoms with van der Waals surface area (Å²) in [5.41, 5.74) is 0. The third-order valence-electron chi connectivity index (χ3n) is 2.64. The number of aromatic carboxylic acids is 1. The fourth-order valence-electron chi connectivity index (χ4n) is 1.64. The number of alkyl halides is 3. The average molecular weight is 329 g/mol. The van der Waals surface area contributed by atoms with Crippen LogP contribution in [0, 0.1) is 0 Å². The Hall–Kier alpha value is -1.13. The van der Waals surface area contributed by atoms with E-state index in [0.717, 1.165) is 12.1 Å². The highest BCUT2D eigenvalue weighted by atomic mass is 32.2. The van der Waals surface area contributed by atoms with Crippen LogP contribution in [0.2, 0.25) is 0 Å². The highest BCUT2D eigenvalue weighted by Crippen LogP contribution is 2.36. The summed E-state index contributed by atoms with van der Waals surface area (Å²) in [5.74, 6) is -1.31. The lowest BCUT2D eigenvalue weighted by atomic mass is 10.5. The normalized spacial score (nSPS) is 16.6. The maximum absolute atomic E-state index is 12.5. The van der Waals surface area contributed by atoms with Gasteiger partial charge in [0, 0.05) is 6.04 Å². The summed E-state index contributed by atoms with van der Waals surface area (Å²) in [6, 6.07) is 1.44. The van der Waals surface area contributed by atoms with E-state index in [0.29, 0.717) is 28.5 Å².